The molecule has 28 heavy (non-hydrogen) atoms. The third-order valence-corrected chi connectivity index (χ3v) is 4.18. The molecular weight excluding hydrogens is 463 g/mol. The van der Waals surface area contributed by atoms with Crippen LogP contribution < -0.4 is 15.3 Å². The summed E-state index contributed by atoms with van der Waals surface area (Å²) in [4.78, 5) is 30.3. The molecule has 0 fully saturated rings. The van der Waals surface area contributed by atoms with Gasteiger partial charge in [-0.05, 0) is 37.0 Å². The van der Waals surface area contributed by atoms with Crippen LogP contribution in [0.1, 0.15) is 99.3 Å². The predicted molar refractivity (Wildman–Crippen MR) is 107 cm³/mol. The standard InChI is InChI=1S/3C7H14O2.In/c3*1-3-4-5-6(2)7(8)9;/h3*6H,3-5H2,1-2H3,(H,8,9);/q;;;+3/p-3. The maximum atomic E-state index is 10.1. The molecular formula is C21H39InO6. The van der Waals surface area contributed by atoms with Crippen LogP contribution in [0.15, 0.2) is 0 Å². The van der Waals surface area contributed by atoms with Crippen LogP contribution in [0.25, 0.3) is 0 Å². The molecule has 6 nitrogen and oxygen atoms in total. The van der Waals surface area contributed by atoms with Gasteiger partial charge in [-0.15, -0.1) is 0 Å². The van der Waals surface area contributed by atoms with Gasteiger partial charge in [0.25, 0.3) is 0 Å². The molecule has 0 saturated carbocycles. The molecule has 162 valence electrons. The minimum atomic E-state index is -0.927. The minimum absolute atomic E-state index is 0. The fraction of sp³-hybridized carbons (Fsp3) is 0.857. The van der Waals surface area contributed by atoms with Crippen molar-refractivity contribution in [1.82, 2.24) is 0 Å². The first-order valence-electron chi connectivity index (χ1n) is 10.2. The van der Waals surface area contributed by atoms with Gasteiger partial charge in [-0.3, -0.25) is 0 Å². The molecule has 0 N–H and O–H groups in total. The van der Waals surface area contributed by atoms with Gasteiger partial charge < -0.3 is 29.7 Å². The van der Waals surface area contributed by atoms with E-state index in [2.05, 4.69) is 0 Å². The van der Waals surface area contributed by atoms with Crippen LogP contribution in [-0.2, 0) is 14.4 Å². The normalized spacial score (nSPS) is 12.6. The van der Waals surface area contributed by atoms with Gasteiger partial charge in [-0.2, -0.15) is 0 Å². The van der Waals surface area contributed by atoms with Gasteiger partial charge >= 0.3 is 25.8 Å². The van der Waals surface area contributed by atoms with Gasteiger partial charge in [0.1, 0.15) is 0 Å². The fourth-order valence-corrected chi connectivity index (χ4v) is 1.88. The Labute approximate surface area is 190 Å². The van der Waals surface area contributed by atoms with Crippen LogP contribution >= 0.6 is 0 Å². The fourth-order valence-electron chi connectivity index (χ4n) is 1.88. The smallest absolute Gasteiger partial charge is 0.550 e. The first-order valence-corrected chi connectivity index (χ1v) is 10.2. The second kappa shape index (κ2) is 24.3. The largest absolute Gasteiger partial charge is 3.00 e. The predicted octanol–water partition coefficient (Wildman–Crippen LogP) is 1.31. The molecule has 3 unspecified atom stereocenters. The molecule has 0 aromatic heterocycles. The molecule has 0 rings (SSSR count). The summed E-state index contributed by atoms with van der Waals surface area (Å²) in [5.74, 6) is -3.60. The Bertz CT molecular complexity index is 330. The number of rotatable bonds is 12. The number of aliphatic carboxylic acids is 3. The number of hydrogen-bond donors (Lipinski definition) is 0. The summed E-state index contributed by atoms with van der Waals surface area (Å²) in [6, 6.07) is 0. The number of unbranched alkanes of at least 4 members (excludes halogenated alkanes) is 3. The molecule has 3 atom stereocenters. The average molecular weight is 502 g/mol. The van der Waals surface area contributed by atoms with Crippen LogP contribution in [0.4, 0.5) is 0 Å². The van der Waals surface area contributed by atoms with Gasteiger partial charge in [-0.25, -0.2) is 0 Å². The monoisotopic (exact) mass is 502 g/mol. The summed E-state index contributed by atoms with van der Waals surface area (Å²) < 4.78 is 0. The molecule has 0 aliphatic carbocycles. The van der Waals surface area contributed by atoms with E-state index in [1.54, 1.807) is 20.8 Å². The summed E-state index contributed by atoms with van der Waals surface area (Å²) in [5, 5.41) is 30.3. The summed E-state index contributed by atoms with van der Waals surface area (Å²) in [7, 11) is 0. The average Bonchev–Trinajstić information content (AvgIpc) is 2.62. The van der Waals surface area contributed by atoms with Gasteiger partial charge in [0, 0.05) is 17.9 Å². The number of carbonyl (C=O) groups excluding carboxylic acids is 3. The Morgan fingerprint density at radius 1 is 0.571 bits per heavy atom. The summed E-state index contributed by atoms with van der Waals surface area (Å²) in [5.41, 5.74) is 0. The Hall–Kier alpha value is -0.720. The van der Waals surface area contributed by atoms with E-state index in [1.165, 1.54) is 0 Å². The van der Waals surface area contributed by atoms with Crippen molar-refractivity contribution in [3.63, 3.8) is 0 Å². The minimum Gasteiger partial charge on any atom is -0.550 e. The van der Waals surface area contributed by atoms with E-state index in [0.717, 1.165) is 57.8 Å². The Kier molecular flexibility index (Phi) is 30.2. The number of hydrogen-bond acceptors (Lipinski definition) is 6. The van der Waals surface area contributed by atoms with Crippen LogP contribution in [0.2, 0.25) is 0 Å². The van der Waals surface area contributed by atoms with Crippen molar-refractivity contribution in [2.75, 3.05) is 0 Å². The molecule has 0 aliphatic heterocycles. The molecule has 0 amide bonds. The molecule has 0 aromatic rings. The van der Waals surface area contributed by atoms with Gasteiger partial charge in [0.15, 0.2) is 0 Å². The second-order valence-corrected chi connectivity index (χ2v) is 7.09. The van der Waals surface area contributed by atoms with Crippen LogP contribution in [0.3, 0.4) is 0 Å². The maximum Gasteiger partial charge on any atom is 3.00 e. The third kappa shape index (κ3) is 27.5. The van der Waals surface area contributed by atoms with E-state index >= 15 is 0 Å². The van der Waals surface area contributed by atoms with E-state index in [9.17, 15) is 29.7 Å². The summed E-state index contributed by atoms with van der Waals surface area (Å²) in [6.45, 7) is 11.2. The Morgan fingerprint density at radius 3 is 0.857 bits per heavy atom. The van der Waals surface area contributed by atoms with E-state index in [0.29, 0.717) is 0 Å². The van der Waals surface area contributed by atoms with E-state index in [4.69, 9.17) is 0 Å². The van der Waals surface area contributed by atoms with Crippen LogP contribution in [0.5, 0.6) is 0 Å². The van der Waals surface area contributed by atoms with Gasteiger partial charge in [-0.1, -0.05) is 80.1 Å². The Balaban J connectivity index is -0.000000152. The summed E-state index contributed by atoms with van der Waals surface area (Å²) >= 11 is 0. The zero-order chi connectivity index (χ0) is 21.8. The van der Waals surface area contributed by atoms with Gasteiger partial charge in [0.05, 0.1) is 0 Å². The first-order chi connectivity index (χ1) is 12.5. The molecule has 0 saturated heterocycles. The van der Waals surface area contributed by atoms with Crippen molar-refractivity contribution in [3.05, 3.63) is 0 Å². The quantitative estimate of drug-likeness (QED) is 0.397. The van der Waals surface area contributed by atoms with Crippen LogP contribution in [0, 0.1) is 17.8 Å². The number of carbonyl (C=O) groups is 3. The topological polar surface area (TPSA) is 120 Å². The van der Waals surface area contributed by atoms with E-state index < -0.39 is 17.9 Å². The molecule has 0 heterocycles. The van der Waals surface area contributed by atoms with E-state index in [1.807, 2.05) is 20.8 Å². The molecule has 0 aliphatic rings. The molecule has 0 radical (unpaired) electrons. The van der Waals surface area contributed by atoms with Crippen molar-refractivity contribution in [3.8, 4) is 0 Å². The summed E-state index contributed by atoms with van der Waals surface area (Å²) in [6.07, 6.45) is 8.35. The zero-order valence-corrected chi connectivity index (χ0v) is 21.9. The zero-order valence-electron chi connectivity index (χ0n) is 18.6. The molecule has 0 aromatic carbocycles. The van der Waals surface area contributed by atoms with Crippen molar-refractivity contribution in [2.45, 2.75) is 99.3 Å². The van der Waals surface area contributed by atoms with E-state index in [-0.39, 0.29) is 43.6 Å². The second-order valence-electron chi connectivity index (χ2n) is 7.09. The molecule has 0 spiro atoms. The Morgan fingerprint density at radius 2 is 0.750 bits per heavy atom. The van der Waals surface area contributed by atoms with Crippen molar-refractivity contribution >= 4 is 43.8 Å². The number of carboxylic acid groups (broad SMARTS) is 3. The SMILES string of the molecule is CCCCC(C)C(=O)[O-].CCCCC(C)C(=O)[O-].CCCCC(C)C(=O)[O-].[In+3]. The number of carboxylic acids is 3. The maximum absolute atomic E-state index is 10.1. The van der Waals surface area contributed by atoms with Crippen molar-refractivity contribution in [1.29, 1.82) is 0 Å². The van der Waals surface area contributed by atoms with Crippen LogP contribution in [-0.4, -0.2) is 43.8 Å². The van der Waals surface area contributed by atoms with Crippen molar-refractivity contribution in [2.24, 2.45) is 17.8 Å². The molecule has 0 bridgehead atoms. The van der Waals surface area contributed by atoms with Gasteiger partial charge in [0.2, 0.25) is 0 Å². The van der Waals surface area contributed by atoms with Crippen molar-refractivity contribution < 1.29 is 29.7 Å². The molecule has 7 heteroatoms. The third-order valence-electron chi connectivity index (χ3n) is 4.18. The first kappa shape index (κ1) is 34.8.